The maximum atomic E-state index is 9.15. The Morgan fingerprint density at radius 1 is 0.429 bits per heavy atom. The zero-order chi connectivity index (χ0) is 29.8. The van der Waals surface area contributed by atoms with Crippen molar-refractivity contribution < 1.29 is 40.0 Å². The van der Waals surface area contributed by atoms with E-state index >= 15 is 0 Å². The Morgan fingerprint density at radius 3 is 1.02 bits per heavy atom. The van der Waals surface area contributed by atoms with E-state index in [1.54, 1.807) is 83.6 Å². The molecule has 0 saturated heterocycles. The first-order valence-electron chi connectivity index (χ1n) is 12.1. The third kappa shape index (κ3) is 14.4. The first-order valence-corrected chi connectivity index (χ1v) is 15.8. The zero-order valence-electron chi connectivity index (χ0n) is 22.0. The summed E-state index contributed by atoms with van der Waals surface area (Å²) in [5, 5.41) is 40.1. The van der Waals surface area contributed by atoms with Crippen molar-refractivity contribution in [2.24, 2.45) is 0 Å². The van der Waals surface area contributed by atoms with E-state index in [-0.39, 0.29) is 23.0 Å². The highest BCUT2D eigenvalue weighted by atomic mass is 32.2. The number of thioether (sulfide) groups is 4. The second-order valence-electron chi connectivity index (χ2n) is 7.71. The van der Waals surface area contributed by atoms with E-state index < -0.39 is 0 Å². The van der Waals surface area contributed by atoms with Crippen LogP contribution in [0.2, 0.25) is 0 Å². The van der Waals surface area contributed by atoms with Gasteiger partial charge < -0.3 is 30.2 Å². The number of aromatic hydroxyl groups is 4. The minimum Gasteiger partial charge on any atom is -0.508 e. The summed E-state index contributed by atoms with van der Waals surface area (Å²) in [6.07, 6.45) is 2.91. The summed E-state index contributed by atoms with van der Waals surface area (Å²) in [6, 6.07) is 27.5. The number of benzene rings is 4. The molecule has 220 valence electrons. The van der Waals surface area contributed by atoms with Gasteiger partial charge >= 0.3 is 0 Å². The minimum absolute atomic E-state index is 0.241. The Kier molecular flexibility index (Phi) is 15.4. The van der Waals surface area contributed by atoms with Gasteiger partial charge in [0.15, 0.2) is 0 Å². The second-order valence-corrected chi connectivity index (χ2v) is 11.7. The number of phenols is 4. The summed E-state index contributed by atoms with van der Waals surface area (Å²) in [6.45, 7) is 0. The van der Waals surface area contributed by atoms with E-state index in [1.165, 1.54) is 59.6 Å². The lowest BCUT2D eigenvalue weighted by Gasteiger charge is -2.01. The molecule has 4 aromatic rings. The van der Waals surface area contributed by atoms with Gasteiger partial charge in [0, 0.05) is 30.4 Å². The van der Waals surface area contributed by atoms with Gasteiger partial charge in [0.05, 0.1) is 0 Å². The van der Waals surface area contributed by atoms with Crippen molar-refractivity contribution in [3.63, 3.8) is 0 Å². The zero-order valence-corrected chi connectivity index (χ0v) is 25.3. The highest BCUT2D eigenvalue weighted by Gasteiger charge is 1.96. The van der Waals surface area contributed by atoms with Crippen LogP contribution < -0.4 is 0 Å². The number of phenolic OH excluding ortho intramolecular Hbond substituents is 4. The fraction of sp³-hybridized carbons (Fsp3) is 0.0667. The average molecular weight is 645 g/mol. The van der Waals surface area contributed by atoms with Gasteiger partial charge in [0.1, 0.15) is 47.4 Å². The molecule has 4 rings (SSSR count). The van der Waals surface area contributed by atoms with Crippen molar-refractivity contribution in [1.29, 1.82) is 0 Å². The van der Waals surface area contributed by atoms with Crippen LogP contribution >= 0.6 is 47.0 Å². The average Bonchev–Trinajstić information content (AvgIpc) is 3.00. The van der Waals surface area contributed by atoms with Crippen molar-refractivity contribution in [3.05, 3.63) is 120 Å². The Morgan fingerprint density at radius 2 is 0.714 bits per heavy atom. The van der Waals surface area contributed by atoms with Crippen LogP contribution in [0.3, 0.4) is 0 Å². The Labute approximate surface area is 260 Å². The standard InChI is InChI=1S/2C15H14O4S2/c2*16-12-1-5-14(6-2-12)20-10-9-18-19-11-21-15-7-3-13(17)4-8-15/h2*1-10,16-17H,11H2. The summed E-state index contributed by atoms with van der Waals surface area (Å²) < 4.78 is 0. The molecule has 12 heteroatoms. The molecule has 4 aromatic carbocycles. The largest absolute Gasteiger partial charge is 0.508 e. The maximum Gasteiger partial charge on any atom is 0.144 e. The first kappa shape index (κ1) is 33.0. The highest BCUT2D eigenvalue weighted by molar-refractivity contribution is 8.02. The Hall–Kier alpha value is -3.52. The molecule has 0 bridgehead atoms. The van der Waals surface area contributed by atoms with E-state index in [4.69, 9.17) is 40.0 Å². The smallest absolute Gasteiger partial charge is 0.144 e. The topological polar surface area (TPSA) is 118 Å². The molecule has 0 atom stereocenters. The van der Waals surface area contributed by atoms with Gasteiger partial charge in [-0.15, -0.1) is 0 Å². The SMILES string of the molecule is Oc1ccc(SC=COOCSc2ccc(O)cc2)cc1.Oc1ccc(SC=COOCSc2ccc(O)cc2)cc1. The Balaban J connectivity index is 0.000000230. The van der Waals surface area contributed by atoms with Crippen molar-refractivity contribution in [1.82, 2.24) is 0 Å². The number of rotatable bonds is 14. The quantitative estimate of drug-likeness (QED) is 0.0263. The van der Waals surface area contributed by atoms with E-state index in [9.17, 15) is 0 Å². The lowest BCUT2D eigenvalue weighted by atomic mass is 10.3. The lowest BCUT2D eigenvalue weighted by Crippen LogP contribution is -1.86. The third-order valence-electron chi connectivity index (χ3n) is 4.66. The molecule has 0 saturated carbocycles. The molecule has 42 heavy (non-hydrogen) atoms. The minimum atomic E-state index is 0.241. The van der Waals surface area contributed by atoms with Gasteiger partial charge in [0.2, 0.25) is 0 Å². The van der Waals surface area contributed by atoms with Gasteiger partial charge in [-0.1, -0.05) is 47.0 Å². The molecule has 0 fully saturated rings. The Bertz CT molecular complexity index is 1240. The fourth-order valence-corrected chi connectivity index (χ4v) is 4.95. The van der Waals surface area contributed by atoms with Crippen molar-refractivity contribution in [2.75, 3.05) is 11.9 Å². The second kappa shape index (κ2) is 19.6. The molecular weight excluding hydrogens is 617 g/mol. The van der Waals surface area contributed by atoms with Crippen LogP contribution in [0.4, 0.5) is 0 Å². The maximum absolute atomic E-state index is 9.15. The van der Waals surface area contributed by atoms with Crippen LogP contribution in [0, 0.1) is 0 Å². The predicted octanol–water partition coefficient (Wildman–Crippen LogP) is 8.72. The van der Waals surface area contributed by atoms with Crippen LogP contribution in [0.1, 0.15) is 0 Å². The van der Waals surface area contributed by atoms with Crippen molar-refractivity contribution in [2.45, 2.75) is 19.6 Å². The van der Waals surface area contributed by atoms with Gasteiger partial charge in [-0.3, -0.25) is 0 Å². The molecule has 0 spiro atoms. The normalized spacial score (nSPS) is 10.9. The molecule has 0 aliphatic rings. The van der Waals surface area contributed by atoms with Crippen LogP contribution in [0.15, 0.2) is 140 Å². The fourth-order valence-electron chi connectivity index (χ4n) is 2.71. The molecule has 8 nitrogen and oxygen atoms in total. The summed E-state index contributed by atoms with van der Waals surface area (Å²) in [5.74, 6) is 1.66. The van der Waals surface area contributed by atoms with Crippen LogP contribution in [0.25, 0.3) is 0 Å². The highest BCUT2D eigenvalue weighted by Crippen LogP contribution is 2.24. The molecule has 0 heterocycles. The van der Waals surface area contributed by atoms with Crippen molar-refractivity contribution >= 4 is 47.0 Å². The van der Waals surface area contributed by atoms with E-state index in [0.717, 1.165) is 19.6 Å². The molecule has 0 radical (unpaired) electrons. The third-order valence-corrected chi connectivity index (χ3v) is 7.88. The molecule has 0 aromatic heterocycles. The van der Waals surface area contributed by atoms with E-state index in [0.29, 0.717) is 11.9 Å². The molecule has 0 aliphatic heterocycles. The molecule has 0 aliphatic carbocycles. The first-order chi connectivity index (χ1) is 20.5. The lowest BCUT2D eigenvalue weighted by molar-refractivity contribution is -0.229. The summed E-state index contributed by atoms with van der Waals surface area (Å²) in [7, 11) is 0. The van der Waals surface area contributed by atoms with Gasteiger partial charge in [-0.2, -0.15) is 9.78 Å². The monoisotopic (exact) mass is 644 g/mol. The number of hydrogen-bond donors (Lipinski definition) is 4. The van der Waals surface area contributed by atoms with Crippen LogP contribution in [0.5, 0.6) is 23.0 Å². The molecule has 4 N–H and O–H groups in total. The van der Waals surface area contributed by atoms with E-state index in [2.05, 4.69) is 0 Å². The predicted molar refractivity (Wildman–Crippen MR) is 168 cm³/mol. The van der Waals surface area contributed by atoms with Gasteiger partial charge in [0.25, 0.3) is 0 Å². The van der Waals surface area contributed by atoms with Gasteiger partial charge in [-0.25, -0.2) is 0 Å². The van der Waals surface area contributed by atoms with Crippen LogP contribution in [-0.2, 0) is 19.6 Å². The number of hydrogen-bond acceptors (Lipinski definition) is 12. The summed E-state index contributed by atoms with van der Waals surface area (Å²) >= 11 is 5.82. The summed E-state index contributed by atoms with van der Waals surface area (Å²) in [5.41, 5.74) is 0. The molecule has 0 unspecified atom stereocenters. The summed E-state index contributed by atoms with van der Waals surface area (Å²) in [4.78, 5) is 23.7. The van der Waals surface area contributed by atoms with Gasteiger partial charge in [-0.05, 0) is 97.1 Å². The van der Waals surface area contributed by atoms with Crippen molar-refractivity contribution in [3.8, 4) is 23.0 Å². The van der Waals surface area contributed by atoms with E-state index in [1.807, 2.05) is 24.3 Å². The molecular formula is C30H28O8S4. The van der Waals surface area contributed by atoms with Crippen LogP contribution in [-0.4, -0.2) is 32.3 Å². The molecule has 0 amide bonds.